The average molecular weight is 312 g/mol. The lowest BCUT2D eigenvalue weighted by molar-refractivity contribution is -0.134. The minimum absolute atomic E-state index is 0.317. The monoisotopic (exact) mass is 312 g/mol. The van der Waals surface area contributed by atoms with E-state index >= 15 is 0 Å². The Hall–Kier alpha value is -1.13. The standard InChI is InChI=1S/C18H32O4/c1-6-15(11-12-16(19)18(4,21)7-2)10-8-9-14(3)13-17(20)22-5/h10,13,16,19,21H,6-9,11-12H2,1-5H3/b14-13+,15-10+/t16-,18-/m0/s1. The molecule has 0 fully saturated rings. The Morgan fingerprint density at radius 1 is 1.32 bits per heavy atom. The molecule has 0 aliphatic rings. The Morgan fingerprint density at radius 3 is 2.45 bits per heavy atom. The summed E-state index contributed by atoms with van der Waals surface area (Å²) in [7, 11) is 1.37. The van der Waals surface area contributed by atoms with Gasteiger partial charge in [-0.25, -0.2) is 4.79 Å². The van der Waals surface area contributed by atoms with Crippen LogP contribution in [0.25, 0.3) is 0 Å². The van der Waals surface area contributed by atoms with Crippen molar-refractivity contribution >= 4 is 5.97 Å². The van der Waals surface area contributed by atoms with Crippen molar-refractivity contribution < 1.29 is 19.7 Å². The van der Waals surface area contributed by atoms with Gasteiger partial charge < -0.3 is 14.9 Å². The molecule has 0 heterocycles. The minimum atomic E-state index is -1.02. The maximum Gasteiger partial charge on any atom is 0.330 e. The van der Waals surface area contributed by atoms with Gasteiger partial charge in [0, 0.05) is 6.08 Å². The zero-order chi connectivity index (χ0) is 17.2. The van der Waals surface area contributed by atoms with E-state index in [0.717, 1.165) is 31.3 Å². The fraction of sp³-hybridized carbons (Fsp3) is 0.722. The van der Waals surface area contributed by atoms with Crippen molar-refractivity contribution in [2.24, 2.45) is 0 Å². The van der Waals surface area contributed by atoms with Gasteiger partial charge in [0.1, 0.15) is 0 Å². The summed E-state index contributed by atoms with van der Waals surface area (Å²) in [5.41, 5.74) is 1.25. The Kier molecular flexibility index (Phi) is 10.0. The molecule has 0 bridgehead atoms. The largest absolute Gasteiger partial charge is 0.466 e. The van der Waals surface area contributed by atoms with Crippen molar-refractivity contribution in [1.82, 2.24) is 0 Å². The Labute approximate surface area is 134 Å². The van der Waals surface area contributed by atoms with E-state index in [1.165, 1.54) is 18.8 Å². The summed E-state index contributed by atoms with van der Waals surface area (Å²) in [4.78, 5) is 11.1. The Balaban J connectivity index is 4.36. The van der Waals surface area contributed by atoms with Crippen molar-refractivity contribution in [2.75, 3.05) is 7.11 Å². The molecule has 4 nitrogen and oxygen atoms in total. The first-order valence-corrected chi connectivity index (χ1v) is 8.10. The lowest BCUT2D eigenvalue weighted by Gasteiger charge is -2.28. The van der Waals surface area contributed by atoms with Gasteiger partial charge in [-0.2, -0.15) is 0 Å². The highest BCUT2D eigenvalue weighted by Crippen LogP contribution is 2.22. The topological polar surface area (TPSA) is 66.8 Å². The highest BCUT2D eigenvalue weighted by molar-refractivity contribution is 5.82. The van der Waals surface area contributed by atoms with Gasteiger partial charge >= 0.3 is 5.97 Å². The van der Waals surface area contributed by atoms with Crippen LogP contribution in [-0.2, 0) is 9.53 Å². The van der Waals surface area contributed by atoms with Crippen LogP contribution in [0.15, 0.2) is 23.3 Å². The fourth-order valence-electron chi connectivity index (χ4n) is 2.13. The van der Waals surface area contributed by atoms with Crippen LogP contribution in [0.4, 0.5) is 0 Å². The third kappa shape index (κ3) is 8.35. The summed E-state index contributed by atoms with van der Waals surface area (Å²) in [5, 5.41) is 20.0. The van der Waals surface area contributed by atoms with Crippen LogP contribution in [-0.4, -0.2) is 35.0 Å². The number of allylic oxidation sites excluding steroid dienone is 3. The number of aliphatic hydroxyl groups excluding tert-OH is 1. The Morgan fingerprint density at radius 2 is 1.95 bits per heavy atom. The summed E-state index contributed by atoms with van der Waals surface area (Å²) in [6.45, 7) is 7.55. The van der Waals surface area contributed by atoms with Crippen molar-refractivity contribution in [3.8, 4) is 0 Å². The zero-order valence-corrected chi connectivity index (χ0v) is 14.7. The first-order valence-electron chi connectivity index (χ1n) is 8.10. The normalized spacial score (nSPS) is 17.0. The molecule has 0 radical (unpaired) electrons. The second-order valence-electron chi connectivity index (χ2n) is 6.03. The third-order valence-electron chi connectivity index (χ3n) is 4.16. The maximum absolute atomic E-state index is 11.1. The second kappa shape index (κ2) is 10.6. The molecular formula is C18H32O4. The molecule has 0 aliphatic carbocycles. The van der Waals surface area contributed by atoms with Gasteiger partial charge in [-0.3, -0.25) is 0 Å². The number of hydrogen-bond donors (Lipinski definition) is 2. The van der Waals surface area contributed by atoms with Crippen LogP contribution in [0.3, 0.4) is 0 Å². The molecule has 0 aliphatic heterocycles. The molecule has 0 aromatic carbocycles. The second-order valence-corrected chi connectivity index (χ2v) is 6.03. The van der Waals surface area contributed by atoms with Crippen LogP contribution in [0.2, 0.25) is 0 Å². The lowest BCUT2D eigenvalue weighted by Crippen LogP contribution is -2.38. The number of aliphatic hydroxyl groups is 2. The van der Waals surface area contributed by atoms with E-state index in [2.05, 4.69) is 17.7 Å². The van der Waals surface area contributed by atoms with E-state index in [1.807, 2.05) is 13.8 Å². The molecule has 4 heteroatoms. The molecule has 0 rings (SSSR count). The van der Waals surface area contributed by atoms with Crippen LogP contribution in [0.5, 0.6) is 0 Å². The number of ether oxygens (including phenoxy) is 1. The summed E-state index contributed by atoms with van der Waals surface area (Å²) >= 11 is 0. The minimum Gasteiger partial charge on any atom is -0.466 e. The fourth-order valence-corrected chi connectivity index (χ4v) is 2.13. The van der Waals surface area contributed by atoms with Gasteiger partial charge in [0.25, 0.3) is 0 Å². The molecular weight excluding hydrogens is 280 g/mol. The number of carbonyl (C=O) groups is 1. The summed E-state index contributed by atoms with van der Waals surface area (Å²) in [5.74, 6) is -0.317. The predicted molar refractivity (Wildman–Crippen MR) is 89.5 cm³/mol. The van der Waals surface area contributed by atoms with Crippen molar-refractivity contribution in [3.63, 3.8) is 0 Å². The van der Waals surface area contributed by atoms with Crippen LogP contribution < -0.4 is 0 Å². The van der Waals surface area contributed by atoms with Gasteiger partial charge in [-0.1, -0.05) is 31.1 Å². The van der Waals surface area contributed by atoms with E-state index in [4.69, 9.17) is 0 Å². The summed E-state index contributed by atoms with van der Waals surface area (Å²) in [6.07, 6.45) is 7.48. The van der Waals surface area contributed by atoms with E-state index in [-0.39, 0.29) is 5.97 Å². The SMILES string of the molecule is CC/C(=C\CC/C(C)=C/C(=O)OC)CC[C@H](O)[C@@](C)(O)CC. The van der Waals surface area contributed by atoms with Gasteiger partial charge in [0.2, 0.25) is 0 Å². The molecule has 2 atom stereocenters. The van der Waals surface area contributed by atoms with Crippen molar-refractivity contribution in [3.05, 3.63) is 23.3 Å². The molecule has 0 unspecified atom stereocenters. The molecule has 0 spiro atoms. The molecule has 22 heavy (non-hydrogen) atoms. The van der Waals surface area contributed by atoms with Gasteiger partial charge in [0.15, 0.2) is 0 Å². The van der Waals surface area contributed by atoms with Crippen molar-refractivity contribution in [1.29, 1.82) is 0 Å². The first-order chi connectivity index (χ1) is 10.3. The highest BCUT2D eigenvalue weighted by Gasteiger charge is 2.27. The van der Waals surface area contributed by atoms with E-state index in [1.54, 1.807) is 6.92 Å². The lowest BCUT2D eigenvalue weighted by atomic mass is 9.90. The highest BCUT2D eigenvalue weighted by atomic mass is 16.5. The number of rotatable bonds is 10. The van der Waals surface area contributed by atoms with E-state index in [9.17, 15) is 15.0 Å². The molecule has 0 aromatic heterocycles. The molecule has 128 valence electrons. The zero-order valence-electron chi connectivity index (χ0n) is 14.7. The van der Waals surface area contributed by atoms with Crippen molar-refractivity contribution in [2.45, 2.75) is 77.9 Å². The van der Waals surface area contributed by atoms with Crippen LogP contribution in [0, 0.1) is 0 Å². The van der Waals surface area contributed by atoms with E-state index < -0.39 is 11.7 Å². The van der Waals surface area contributed by atoms with Gasteiger partial charge in [0.05, 0.1) is 18.8 Å². The summed E-state index contributed by atoms with van der Waals surface area (Å²) < 4.78 is 4.59. The quantitative estimate of drug-likeness (QED) is 0.368. The third-order valence-corrected chi connectivity index (χ3v) is 4.16. The number of esters is 1. The Bertz CT molecular complexity index is 394. The molecule has 2 N–H and O–H groups in total. The number of methoxy groups -OCH3 is 1. The first kappa shape index (κ1) is 20.9. The molecule has 0 aromatic rings. The van der Waals surface area contributed by atoms with E-state index in [0.29, 0.717) is 12.8 Å². The maximum atomic E-state index is 11.1. The predicted octanol–water partition coefficient (Wildman–Crippen LogP) is 3.52. The number of carbonyl (C=O) groups excluding carboxylic acids is 1. The average Bonchev–Trinajstić information content (AvgIpc) is 2.49. The van der Waals surface area contributed by atoms with Crippen LogP contribution in [0.1, 0.15) is 66.2 Å². The van der Waals surface area contributed by atoms with Gasteiger partial charge in [-0.15, -0.1) is 0 Å². The van der Waals surface area contributed by atoms with Gasteiger partial charge in [-0.05, 0) is 52.4 Å². The molecule has 0 saturated carbocycles. The summed E-state index contributed by atoms with van der Waals surface area (Å²) in [6, 6.07) is 0. The van der Waals surface area contributed by atoms with Crippen LogP contribution >= 0.6 is 0 Å². The molecule has 0 amide bonds. The smallest absolute Gasteiger partial charge is 0.330 e. The molecule has 0 saturated heterocycles. The number of hydrogen-bond acceptors (Lipinski definition) is 4.